The Balaban J connectivity index is 1.67. The van der Waals surface area contributed by atoms with Gasteiger partial charge in [-0.1, -0.05) is 30.3 Å². The van der Waals surface area contributed by atoms with Gasteiger partial charge < -0.3 is 20.1 Å². The Kier molecular flexibility index (Phi) is 7.19. The van der Waals surface area contributed by atoms with Crippen molar-refractivity contribution >= 4 is 5.91 Å². The fraction of sp³-hybridized carbons (Fsp3) is 0.417. The number of tetrazole rings is 1. The number of quaternary nitrogens is 1. The van der Waals surface area contributed by atoms with Gasteiger partial charge in [-0.05, 0) is 34.5 Å². The standard InChI is InChI=1S/C24H30N6O3/c1-32-19-8-9-20(21(16-19)33-2)22(29-13-11-18(12-14-29)23(25)31)24-26-27-28-30(24)15-10-17-6-4-3-5-7-17/h3-9,16,18,22H,10-15H2,1-2H3,(H2,25,31)/p+1/t22-/m0/s1. The van der Waals surface area contributed by atoms with Gasteiger partial charge in [-0.15, -0.1) is 5.10 Å². The third-order valence-corrected chi connectivity index (χ3v) is 6.46. The van der Waals surface area contributed by atoms with E-state index in [9.17, 15) is 4.79 Å². The number of likely N-dealkylation sites (tertiary alicyclic amines) is 1. The number of rotatable bonds is 9. The summed E-state index contributed by atoms with van der Waals surface area (Å²) >= 11 is 0. The number of carbonyl (C=O) groups excluding carboxylic acids is 1. The summed E-state index contributed by atoms with van der Waals surface area (Å²) in [5, 5.41) is 12.8. The van der Waals surface area contributed by atoms with Crippen LogP contribution in [0.15, 0.2) is 48.5 Å². The van der Waals surface area contributed by atoms with Gasteiger partial charge in [0.1, 0.15) is 11.5 Å². The summed E-state index contributed by atoms with van der Waals surface area (Å²) in [6, 6.07) is 16.0. The molecule has 4 rings (SSSR count). The van der Waals surface area contributed by atoms with Gasteiger partial charge in [-0.3, -0.25) is 4.79 Å². The van der Waals surface area contributed by atoms with Gasteiger partial charge in [0.25, 0.3) is 0 Å². The van der Waals surface area contributed by atoms with Crippen molar-refractivity contribution < 1.29 is 19.2 Å². The summed E-state index contributed by atoms with van der Waals surface area (Å²) in [6.45, 7) is 2.25. The van der Waals surface area contributed by atoms with Crippen molar-refractivity contribution in [3.05, 3.63) is 65.5 Å². The molecule has 9 nitrogen and oxygen atoms in total. The smallest absolute Gasteiger partial charge is 0.220 e. The lowest BCUT2D eigenvalue weighted by atomic mass is 9.93. The Bertz CT molecular complexity index is 1060. The third-order valence-electron chi connectivity index (χ3n) is 6.46. The van der Waals surface area contributed by atoms with Crippen molar-refractivity contribution in [3.63, 3.8) is 0 Å². The number of ether oxygens (including phenoxy) is 2. The molecule has 1 saturated heterocycles. The van der Waals surface area contributed by atoms with Crippen LogP contribution in [0.1, 0.15) is 35.8 Å². The zero-order chi connectivity index (χ0) is 23.2. The van der Waals surface area contributed by atoms with E-state index in [-0.39, 0.29) is 17.9 Å². The summed E-state index contributed by atoms with van der Waals surface area (Å²) in [6.07, 6.45) is 2.31. The number of carbonyl (C=O) groups is 1. The molecule has 0 bridgehead atoms. The summed E-state index contributed by atoms with van der Waals surface area (Å²) in [5.41, 5.74) is 7.79. The van der Waals surface area contributed by atoms with Crippen molar-refractivity contribution in [1.82, 2.24) is 20.2 Å². The molecular weight excluding hydrogens is 420 g/mol. The quantitative estimate of drug-likeness (QED) is 0.498. The molecule has 3 aromatic rings. The molecule has 0 saturated carbocycles. The van der Waals surface area contributed by atoms with Crippen molar-refractivity contribution in [3.8, 4) is 11.5 Å². The Hall–Kier alpha value is -3.46. The molecule has 0 aliphatic carbocycles. The van der Waals surface area contributed by atoms with Crippen molar-refractivity contribution in [2.45, 2.75) is 31.8 Å². The predicted molar refractivity (Wildman–Crippen MR) is 122 cm³/mol. The van der Waals surface area contributed by atoms with Gasteiger partial charge >= 0.3 is 0 Å². The SMILES string of the molecule is COc1ccc([C@@H](c2nnnn2CCc2ccccc2)[NH+]2CCC(C(N)=O)CC2)c(OC)c1. The van der Waals surface area contributed by atoms with Crippen LogP contribution >= 0.6 is 0 Å². The van der Waals surface area contributed by atoms with E-state index < -0.39 is 0 Å². The number of benzene rings is 2. The normalized spacial score (nSPS) is 19.1. The van der Waals surface area contributed by atoms with Crippen LogP contribution in [0.3, 0.4) is 0 Å². The molecule has 1 aliphatic rings. The number of nitrogens with one attached hydrogen (secondary N) is 1. The highest BCUT2D eigenvalue weighted by molar-refractivity contribution is 5.76. The predicted octanol–water partition coefficient (Wildman–Crippen LogP) is 0.803. The average molecular weight is 452 g/mol. The fourth-order valence-electron chi connectivity index (χ4n) is 4.62. The maximum Gasteiger partial charge on any atom is 0.220 e. The zero-order valence-corrected chi connectivity index (χ0v) is 19.1. The average Bonchev–Trinajstić information content (AvgIpc) is 3.32. The highest BCUT2D eigenvalue weighted by atomic mass is 16.5. The first-order chi connectivity index (χ1) is 16.1. The second-order valence-corrected chi connectivity index (χ2v) is 8.37. The molecule has 1 aliphatic heterocycles. The Morgan fingerprint density at radius 3 is 2.58 bits per heavy atom. The van der Waals surface area contributed by atoms with E-state index in [0.717, 1.165) is 55.2 Å². The van der Waals surface area contributed by atoms with Gasteiger partial charge in [0, 0.05) is 31.4 Å². The van der Waals surface area contributed by atoms with Crippen LogP contribution in [0.5, 0.6) is 11.5 Å². The van der Waals surface area contributed by atoms with Gasteiger partial charge in [0.15, 0.2) is 6.04 Å². The number of nitrogens with two attached hydrogens (primary N) is 1. The molecule has 1 aromatic heterocycles. The second kappa shape index (κ2) is 10.4. The first kappa shape index (κ1) is 22.7. The summed E-state index contributed by atoms with van der Waals surface area (Å²) in [5.74, 6) is 1.92. The van der Waals surface area contributed by atoms with E-state index in [2.05, 4.69) is 27.7 Å². The lowest BCUT2D eigenvalue weighted by molar-refractivity contribution is -0.931. The number of piperidine rings is 1. The Labute approximate surface area is 193 Å². The molecule has 2 aromatic carbocycles. The molecule has 33 heavy (non-hydrogen) atoms. The van der Waals surface area contributed by atoms with E-state index in [1.165, 1.54) is 10.5 Å². The van der Waals surface area contributed by atoms with Crippen LogP contribution < -0.4 is 20.1 Å². The number of primary amides is 1. The van der Waals surface area contributed by atoms with Crippen molar-refractivity contribution in [1.29, 1.82) is 0 Å². The summed E-state index contributed by atoms with van der Waals surface area (Å²) < 4.78 is 13.0. The van der Waals surface area contributed by atoms with Gasteiger partial charge in [-0.2, -0.15) is 0 Å². The van der Waals surface area contributed by atoms with E-state index in [4.69, 9.17) is 15.2 Å². The summed E-state index contributed by atoms with van der Waals surface area (Å²) in [4.78, 5) is 13.0. The van der Waals surface area contributed by atoms with E-state index in [1.807, 2.05) is 41.1 Å². The monoisotopic (exact) mass is 451 g/mol. The molecule has 3 N–H and O–H groups in total. The van der Waals surface area contributed by atoms with Crippen LogP contribution in [0.4, 0.5) is 0 Å². The molecule has 9 heteroatoms. The van der Waals surface area contributed by atoms with Crippen molar-refractivity contribution in [2.24, 2.45) is 11.7 Å². The molecule has 2 heterocycles. The van der Waals surface area contributed by atoms with Crippen LogP contribution in [-0.2, 0) is 17.8 Å². The van der Waals surface area contributed by atoms with Gasteiger partial charge in [0.2, 0.25) is 11.7 Å². The number of aromatic nitrogens is 4. The Morgan fingerprint density at radius 2 is 1.91 bits per heavy atom. The van der Waals surface area contributed by atoms with E-state index in [1.54, 1.807) is 14.2 Å². The number of methoxy groups -OCH3 is 2. The maximum atomic E-state index is 11.7. The third kappa shape index (κ3) is 5.14. The molecule has 1 atom stereocenters. The minimum absolute atomic E-state index is 0.0822. The first-order valence-corrected chi connectivity index (χ1v) is 11.3. The molecule has 174 valence electrons. The largest absolute Gasteiger partial charge is 0.497 e. The Morgan fingerprint density at radius 1 is 1.15 bits per heavy atom. The molecule has 1 amide bonds. The van der Waals surface area contributed by atoms with Crippen LogP contribution in [-0.4, -0.2) is 53.4 Å². The highest BCUT2D eigenvalue weighted by Gasteiger charge is 2.37. The number of amides is 1. The van der Waals surface area contributed by atoms with Crippen LogP contribution in [0.25, 0.3) is 0 Å². The summed E-state index contributed by atoms with van der Waals surface area (Å²) in [7, 11) is 3.29. The minimum Gasteiger partial charge on any atom is -0.497 e. The van der Waals surface area contributed by atoms with Gasteiger partial charge in [-0.25, -0.2) is 4.68 Å². The van der Waals surface area contributed by atoms with E-state index in [0.29, 0.717) is 6.54 Å². The number of aryl methyl sites for hydroxylation is 2. The van der Waals surface area contributed by atoms with E-state index >= 15 is 0 Å². The van der Waals surface area contributed by atoms with Crippen LogP contribution in [0.2, 0.25) is 0 Å². The minimum atomic E-state index is -0.222. The molecular formula is C24H31N6O3+. The number of hydrogen-bond donors (Lipinski definition) is 2. The number of hydrogen-bond acceptors (Lipinski definition) is 6. The maximum absolute atomic E-state index is 11.7. The fourth-order valence-corrected chi connectivity index (χ4v) is 4.62. The molecule has 1 fully saturated rings. The molecule has 0 spiro atoms. The molecule has 0 unspecified atom stereocenters. The highest BCUT2D eigenvalue weighted by Crippen LogP contribution is 2.31. The second-order valence-electron chi connectivity index (χ2n) is 8.37. The van der Waals surface area contributed by atoms with Crippen LogP contribution in [0, 0.1) is 5.92 Å². The lowest BCUT2D eigenvalue weighted by Crippen LogP contribution is -3.13. The van der Waals surface area contributed by atoms with Crippen molar-refractivity contribution in [2.75, 3.05) is 27.3 Å². The number of nitrogens with zero attached hydrogens (tertiary/aromatic N) is 4. The molecule has 0 radical (unpaired) electrons. The lowest BCUT2D eigenvalue weighted by Gasteiger charge is -2.34. The first-order valence-electron chi connectivity index (χ1n) is 11.3. The zero-order valence-electron chi connectivity index (χ0n) is 19.1. The topological polar surface area (TPSA) is 110 Å². The van der Waals surface area contributed by atoms with Gasteiger partial charge in [0.05, 0.1) is 32.9 Å².